The van der Waals surface area contributed by atoms with Gasteiger partial charge in [-0.3, -0.25) is 19.9 Å². The van der Waals surface area contributed by atoms with Gasteiger partial charge in [-0.05, 0) is 16.0 Å². The van der Waals surface area contributed by atoms with Crippen LogP contribution < -0.4 is 44.8 Å². The molecule has 14 nitrogen and oxygen atoms in total. The number of fused-ring (bicyclic) bond motifs is 1. The number of amides is 2. The molecule has 0 saturated carbocycles. The number of hydrogen-bond acceptors (Lipinski definition) is 13. The fourth-order valence-corrected chi connectivity index (χ4v) is 6.37. The van der Waals surface area contributed by atoms with Crippen LogP contribution in [0.5, 0.6) is 0 Å². The average molecular weight is 537 g/mol. The van der Waals surface area contributed by atoms with E-state index in [-0.39, 0.29) is 71.1 Å². The Hall–Kier alpha value is -1.89. The van der Waals surface area contributed by atoms with E-state index in [1.807, 2.05) is 0 Å². The van der Waals surface area contributed by atoms with Gasteiger partial charge in [-0.1, -0.05) is 11.8 Å². The molecule has 0 radical (unpaired) electrons. The topological polar surface area (TPSA) is 202 Å². The number of carbonyl (C=O) groups is 3. The first-order chi connectivity index (χ1) is 15.8. The molecule has 4 rings (SSSR count). The second kappa shape index (κ2) is 11.2. The smallest absolute Gasteiger partial charge is 0.543 e. The number of carbonyl (C=O) groups excluding carboxylic acids is 3. The van der Waals surface area contributed by atoms with Gasteiger partial charge in [0.05, 0.1) is 36.9 Å². The van der Waals surface area contributed by atoms with Crippen molar-refractivity contribution in [3.63, 3.8) is 0 Å². The molecule has 2 aliphatic rings. The number of carboxylic acid groups (broad SMARTS) is 1. The van der Waals surface area contributed by atoms with Crippen molar-refractivity contribution in [1.82, 2.24) is 35.2 Å². The molecule has 18 heteroatoms. The van der Waals surface area contributed by atoms with Crippen molar-refractivity contribution in [2.75, 3.05) is 18.1 Å². The first-order valence-corrected chi connectivity index (χ1v) is 12.3. The van der Waals surface area contributed by atoms with Crippen LogP contribution >= 0.6 is 34.9 Å². The number of aliphatic hydroxyl groups is 1. The summed E-state index contributed by atoms with van der Waals surface area (Å²) in [5.41, 5.74) is 0.439. The molecule has 0 spiro atoms. The van der Waals surface area contributed by atoms with Crippen LogP contribution in [0.4, 0.5) is 0 Å². The maximum absolute atomic E-state index is 12.7. The molecule has 0 bridgehead atoms. The normalized spacial score (nSPS) is 19.3. The molecule has 1 saturated heterocycles. The quantitative estimate of drug-likeness (QED) is 0.103. The van der Waals surface area contributed by atoms with Crippen molar-refractivity contribution >= 4 is 52.6 Å². The van der Waals surface area contributed by atoms with Crippen LogP contribution in [0.25, 0.3) is 0 Å². The summed E-state index contributed by atoms with van der Waals surface area (Å²) in [5, 5.41) is 53.0. The molecule has 2 aliphatic heterocycles. The van der Waals surface area contributed by atoms with Crippen molar-refractivity contribution in [3.8, 4) is 0 Å². The predicted molar refractivity (Wildman–Crippen MR) is 112 cm³/mol. The van der Waals surface area contributed by atoms with Crippen LogP contribution in [0, 0.1) is 5.41 Å². The fourth-order valence-electron chi connectivity index (χ4n) is 3.33. The second-order valence-electron chi connectivity index (χ2n) is 6.91. The summed E-state index contributed by atoms with van der Waals surface area (Å²) < 4.78 is 1.97. The third kappa shape index (κ3) is 5.19. The van der Waals surface area contributed by atoms with Gasteiger partial charge in [-0.2, -0.15) is 4.73 Å². The number of carboxylic acids is 1. The molecule has 1 fully saturated rings. The van der Waals surface area contributed by atoms with Crippen molar-refractivity contribution in [1.29, 1.82) is 5.41 Å². The summed E-state index contributed by atoms with van der Waals surface area (Å²) in [7, 11) is 0. The Morgan fingerprint density at radius 3 is 2.82 bits per heavy atom. The summed E-state index contributed by atoms with van der Waals surface area (Å²) in [6.45, 7) is 0.0306. The van der Waals surface area contributed by atoms with Gasteiger partial charge in [0.2, 0.25) is 15.9 Å². The van der Waals surface area contributed by atoms with E-state index in [9.17, 15) is 24.7 Å². The summed E-state index contributed by atoms with van der Waals surface area (Å²) in [6, 6.07) is -0.913. The minimum atomic E-state index is -1.49. The van der Waals surface area contributed by atoms with Gasteiger partial charge in [0, 0.05) is 16.9 Å². The minimum Gasteiger partial charge on any atom is -0.543 e. The molecule has 2 atom stereocenters. The number of aliphatic carboxylic acids is 1. The van der Waals surface area contributed by atoms with Crippen LogP contribution in [0.2, 0.25) is 0 Å². The molecule has 0 aromatic carbocycles. The van der Waals surface area contributed by atoms with E-state index in [1.54, 1.807) is 0 Å². The molecular weight excluding hydrogens is 519 g/mol. The third-order valence-corrected chi connectivity index (χ3v) is 8.03. The Morgan fingerprint density at radius 1 is 1.41 bits per heavy atom. The van der Waals surface area contributed by atoms with Crippen molar-refractivity contribution < 1.29 is 59.4 Å². The van der Waals surface area contributed by atoms with Gasteiger partial charge < -0.3 is 25.5 Å². The molecule has 2 aromatic rings. The van der Waals surface area contributed by atoms with E-state index in [2.05, 4.69) is 20.8 Å². The van der Waals surface area contributed by atoms with E-state index in [0.717, 1.165) is 16.2 Å². The number of tetrazole rings is 1. The summed E-state index contributed by atoms with van der Waals surface area (Å²) in [4.78, 5) is 37.9. The summed E-state index contributed by atoms with van der Waals surface area (Å²) >= 11 is 3.43. The van der Waals surface area contributed by atoms with E-state index >= 15 is 0 Å². The largest absolute Gasteiger partial charge is 1.00 e. The number of thioether (sulfide) groups is 2. The first-order valence-electron chi connectivity index (χ1n) is 9.42. The maximum Gasteiger partial charge on any atom is 1.00 e. The van der Waals surface area contributed by atoms with Crippen molar-refractivity contribution in [2.24, 2.45) is 0 Å². The number of thiazole rings is 1. The Morgan fingerprint density at radius 2 is 2.18 bits per heavy atom. The SMILES string of the molecule is N=c1scc(CC(=O)NC2C(=O)N3C(C(=O)[O-])=C(CSc4nnnn4CCO)CS[C@H]23)n1O.[Na+]. The molecule has 0 aliphatic carbocycles. The molecule has 4 N–H and O–H groups in total. The molecule has 176 valence electrons. The van der Waals surface area contributed by atoms with Crippen LogP contribution in [-0.2, 0) is 27.3 Å². The number of rotatable bonds is 9. The predicted octanol–water partition coefficient (Wildman–Crippen LogP) is -6.01. The summed E-state index contributed by atoms with van der Waals surface area (Å²) in [6.07, 6.45) is -0.235. The maximum atomic E-state index is 12.7. The summed E-state index contributed by atoms with van der Waals surface area (Å²) in [5.74, 6) is -2.12. The third-order valence-electron chi connectivity index (χ3n) is 4.86. The van der Waals surface area contributed by atoms with Crippen molar-refractivity contribution in [3.05, 3.63) is 27.1 Å². The monoisotopic (exact) mass is 536 g/mol. The number of hydrogen-bond donors (Lipinski definition) is 4. The van der Waals surface area contributed by atoms with Gasteiger partial charge >= 0.3 is 29.6 Å². The Kier molecular flexibility index (Phi) is 8.82. The standard InChI is InChI=1S/C16H18N8O6S3.Na/c17-15-24(30)8(6-32-15)3-9(26)18-10-12(27)23-11(14(28)29)7(4-31-13(10)23)5-33-16-19-20-21-22(16)1-2-25;/h6,10,13,17,25,30H,1-5H2,(H,18,26)(H,28,29);/q;+1/p-1/t10?,13-;/m1./s1. The zero-order valence-corrected chi connectivity index (χ0v) is 22.2. The average Bonchev–Trinajstić information content (AvgIpc) is 3.36. The van der Waals surface area contributed by atoms with Crippen LogP contribution in [0.1, 0.15) is 5.69 Å². The van der Waals surface area contributed by atoms with Gasteiger partial charge in [0.1, 0.15) is 11.4 Å². The molecule has 34 heavy (non-hydrogen) atoms. The van der Waals surface area contributed by atoms with Gasteiger partial charge in [-0.25, -0.2) is 4.68 Å². The number of aromatic nitrogens is 5. The Bertz CT molecular complexity index is 1200. The molecule has 4 heterocycles. The van der Waals surface area contributed by atoms with Gasteiger partial charge in [0.15, 0.2) is 0 Å². The fraction of sp³-hybridized carbons (Fsp3) is 0.438. The molecule has 1 unspecified atom stereocenters. The number of nitrogens with one attached hydrogen (secondary N) is 2. The number of aliphatic hydroxyl groups excluding tert-OH is 1. The van der Waals surface area contributed by atoms with Crippen molar-refractivity contribution in [2.45, 2.75) is 29.5 Å². The zero-order valence-electron chi connectivity index (χ0n) is 17.7. The zero-order chi connectivity index (χ0) is 23.7. The van der Waals surface area contributed by atoms with Gasteiger partial charge in [-0.15, -0.1) is 28.2 Å². The van der Waals surface area contributed by atoms with Crippen LogP contribution in [0.3, 0.4) is 0 Å². The van der Waals surface area contributed by atoms with Crippen LogP contribution in [0.15, 0.2) is 21.8 Å². The molecule has 2 aromatic heterocycles. The first kappa shape index (κ1) is 26.7. The van der Waals surface area contributed by atoms with Gasteiger partial charge in [0.25, 0.3) is 5.91 Å². The minimum absolute atomic E-state index is 0. The number of nitrogens with zero attached hydrogens (tertiary/aromatic N) is 6. The molecule has 2 amide bonds. The number of β-lactam (4-membered cyclic amide) rings is 1. The Balaban J connectivity index is 0.00000324. The molecular formula is C16H17N8NaO6S3. The van der Waals surface area contributed by atoms with Crippen LogP contribution in [-0.4, -0.2) is 87.5 Å². The van der Waals surface area contributed by atoms with E-state index in [1.165, 1.54) is 33.6 Å². The van der Waals surface area contributed by atoms with E-state index in [0.29, 0.717) is 21.2 Å². The van der Waals surface area contributed by atoms with E-state index < -0.39 is 29.2 Å². The second-order valence-corrected chi connectivity index (χ2v) is 9.82. The Labute approximate surface area is 226 Å². The van der Waals surface area contributed by atoms with E-state index in [4.69, 9.17) is 10.5 Å².